The third kappa shape index (κ3) is 5.08. The lowest BCUT2D eigenvalue weighted by atomic mass is 9.83. The number of aldehydes is 1. The molecule has 0 aromatic rings. The number of carbonyl (C=O) groups is 4. The summed E-state index contributed by atoms with van der Waals surface area (Å²) >= 11 is 0. The minimum atomic E-state index is -1.27. The van der Waals surface area contributed by atoms with Gasteiger partial charge in [0, 0.05) is 23.6 Å². The van der Waals surface area contributed by atoms with Gasteiger partial charge in [0.1, 0.15) is 12.4 Å². The summed E-state index contributed by atoms with van der Waals surface area (Å²) in [6.45, 7) is 9.59. The molecule has 1 N–H and O–H groups in total. The van der Waals surface area contributed by atoms with Crippen molar-refractivity contribution in [3.05, 3.63) is 47.6 Å². The highest BCUT2D eigenvalue weighted by Gasteiger charge is 2.49. The monoisotopic (exact) mass is 404 g/mol. The Kier molecular flexibility index (Phi) is 7.28. The van der Waals surface area contributed by atoms with Gasteiger partial charge in [-0.15, -0.1) is 0 Å². The Hall–Kier alpha value is -3.00. The summed E-state index contributed by atoms with van der Waals surface area (Å²) in [5.41, 5.74) is 0.745. The smallest absolute Gasteiger partial charge is 0.334 e. The maximum Gasteiger partial charge on any atom is 0.334 e. The van der Waals surface area contributed by atoms with Gasteiger partial charge in [-0.05, 0) is 31.4 Å². The van der Waals surface area contributed by atoms with Gasteiger partial charge in [0.2, 0.25) is 0 Å². The van der Waals surface area contributed by atoms with Crippen LogP contribution in [-0.2, 0) is 33.4 Å². The molecule has 0 aromatic carbocycles. The van der Waals surface area contributed by atoms with Crippen molar-refractivity contribution in [3.8, 4) is 0 Å². The fourth-order valence-corrected chi connectivity index (χ4v) is 3.28. The lowest BCUT2D eigenvalue weighted by Gasteiger charge is -2.33. The molecule has 8 nitrogen and oxygen atoms in total. The molecule has 0 amide bonds. The van der Waals surface area contributed by atoms with Crippen molar-refractivity contribution in [2.24, 2.45) is 5.92 Å². The van der Waals surface area contributed by atoms with Crippen LogP contribution < -0.4 is 0 Å². The molecule has 1 heterocycles. The van der Waals surface area contributed by atoms with E-state index < -0.39 is 42.1 Å². The minimum Gasteiger partial charge on any atom is -0.454 e. The second-order valence-corrected chi connectivity index (χ2v) is 6.94. The van der Waals surface area contributed by atoms with Crippen LogP contribution in [-0.4, -0.2) is 54.2 Å². The molecule has 2 aliphatic rings. The Morgan fingerprint density at radius 1 is 1.34 bits per heavy atom. The lowest BCUT2D eigenvalue weighted by molar-refractivity contribution is -0.166. The molecule has 0 radical (unpaired) electrons. The zero-order chi connectivity index (χ0) is 21.7. The number of hydrogen-bond acceptors (Lipinski definition) is 8. The van der Waals surface area contributed by atoms with Crippen LogP contribution >= 0.6 is 0 Å². The number of aliphatic hydroxyl groups is 1. The number of allylic oxidation sites excluding steroid dienone is 1. The van der Waals surface area contributed by atoms with Crippen molar-refractivity contribution in [3.63, 3.8) is 0 Å². The Bertz CT molecular complexity index is 803. The van der Waals surface area contributed by atoms with E-state index in [0.717, 1.165) is 6.92 Å². The number of hydrogen-bond donors (Lipinski definition) is 1. The third-order valence-corrected chi connectivity index (χ3v) is 4.71. The van der Waals surface area contributed by atoms with E-state index in [0.29, 0.717) is 24.7 Å². The van der Waals surface area contributed by atoms with Crippen molar-refractivity contribution in [1.29, 1.82) is 0 Å². The van der Waals surface area contributed by atoms with Crippen molar-refractivity contribution < 1.29 is 38.5 Å². The molecule has 0 bridgehead atoms. The fraction of sp³-hybridized carbons (Fsp3) is 0.429. The number of aliphatic hydroxyl groups excluding tert-OH is 1. The highest BCUT2D eigenvalue weighted by Crippen LogP contribution is 2.37. The molecule has 2 rings (SSSR count). The van der Waals surface area contributed by atoms with Gasteiger partial charge in [-0.25, -0.2) is 9.59 Å². The highest BCUT2D eigenvalue weighted by molar-refractivity contribution is 5.92. The van der Waals surface area contributed by atoms with E-state index in [1.165, 1.54) is 6.92 Å². The topological polar surface area (TPSA) is 116 Å². The van der Waals surface area contributed by atoms with Crippen LogP contribution in [0.2, 0.25) is 0 Å². The first-order valence-electron chi connectivity index (χ1n) is 9.08. The average Bonchev–Trinajstić information content (AvgIpc) is 2.93. The SMILES string of the molecule is C=C(C)C(=O)O[C@H]1[C@@H]2C(=C)C(=O)O[C@H]2/C=C(\CO)CC/C=C(/C=O)[C@H]1OC(C)=O. The summed E-state index contributed by atoms with van der Waals surface area (Å²) in [6.07, 6.45) is 0.932. The highest BCUT2D eigenvalue weighted by atomic mass is 16.6. The van der Waals surface area contributed by atoms with Gasteiger partial charge in [-0.1, -0.05) is 19.2 Å². The Morgan fingerprint density at radius 3 is 2.59 bits per heavy atom. The Labute approximate surface area is 168 Å². The molecule has 1 aliphatic heterocycles. The predicted octanol–water partition coefficient (Wildman–Crippen LogP) is 1.34. The maximum absolute atomic E-state index is 12.3. The van der Waals surface area contributed by atoms with E-state index in [9.17, 15) is 24.3 Å². The largest absolute Gasteiger partial charge is 0.454 e. The zero-order valence-electron chi connectivity index (χ0n) is 16.4. The van der Waals surface area contributed by atoms with Crippen LogP contribution in [0.15, 0.2) is 47.6 Å². The summed E-state index contributed by atoms with van der Waals surface area (Å²) in [6, 6.07) is 0. The molecule has 1 aliphatic carbocycles. The Balaban J connectivity index is 2.65. The van der Waals surface area contributed by atoms with Gasteiger partial charge in [0.15, 0.2) is 12.2 Å². The number of ether oxygens (including phenoxy) is 3. The van der Waals surface area contributed by atoms with E-state index >= 15 is 0 Å². The van der Waals surface area contributed by atoms with Crippen molar-refractivity contribution in [2.75, 3.05) is 6.61 Å². The van der Waals surface area contributed by atoms with Crippen molar-refractivity contribution in [1.82, 2.24) is 0 Å². The second kappa shape index (κ2) is 9.47. The lowest BCUT2D eigenvalue weighted by Crippen LogP contribution is -2.45. The van der Waals surface area contributed by atoms with E-state index in [2.05, 4.69) is 13.2 Å². The molecule has 8 heteroatoms. The van der Waals surface area contributed by atoms with Crippen LogP contribution in [0, 0.1) is 5.92 Å². The summed E-state index contributed by atoms with van der Waals surface area (Å²) < 4.78 is 16.2. The zero-order valence-corrected chi connectivity index (χ0v) is 16.4. The molecule has 1 saturated heterocycles. The van der Waals surface area contributed by atoms with Gasteiger partial charge < -0.3 is 19.3 Å². The molecular weight excluding hydrogens is 380 g/mol. The van der Waals surface area contributed by atoms with Gasteiger partial charge in [0.05, 0.1) is 12.5 Å². The van der Waals surface area contributed by atoms with E-state index in [1.54, 1.807) is 12.2 Å². The van der Waals surface area contributed by atoms with Crippen LogP contribution in [0.25, 0.3) is 0 Å². The Morgan fingerprint density at radius 2 is 2.03 bits per heavy atom. The van der Waals surface area contributed by atoms with E-state index in [1.807, 2.05) is 0 Å². The third-order valence-electron chi connectivity index (χ3n) is 4.71. The van der Waals surface area contributed by atoms with E-state index in [4.69, 9.17) is 14.2 Å². The predicted molar refractivity (Wildman–Crippen MR) is 101 cm³/mol. The molecule has 1 fully saturated rings. The number of rotatable bonds is 5. The first kappa shape index (κ1) is 22.3. The fourth-order valence-electron chi connectivity index (χ4n) is 3.28. The van der Waals surface area contributed by atoms with Gasteiger partial charge in [-0.3, -0.25) is 9.59 Å². The van der Waals surface area contributed by atoms with Crippen molar-refractivity contribution in [2.45, 2.75) is 45.0 Å². The molecule has 0 unspecified atom stereocenters. The first-order valence-corrected chi connectivity index (χ1v) is 9.08. The number of esters is 3. The number of fused-ring (bicyclic) bond motifs is 1. The molecule has 0 spiro atoms. The molecule has 29 heavy (non-hydrogen) atoms. The second-order valence-electron chi connectivity index (χ2n) is 6.94. The van der Waals surface area contributed by atoms with E-state index in [-0.39, 0.29) is 23.3 Å². The summed E-state index contributed by atoms with van der Waals surface area (Å²) in [7, 11) is 0. The van der Waals surface area contributed by atoms with Crippen LogP contribution in [0.4, 0.5) is 0 Å². The molecule has 0 saturated carbocycles. The van der Waals surface area contributed by atoms with Gasteiger partial charge in [-0.2, -0.15) is 0 Å². The van der Waals surface area contributed by atoms with Crippen LogP contribution in [0.1, 0.15) is 26.7 Å². The number of carbonyl (C=O) groups excluding carboxylic acids is 4. The average molecular weight is 404 g/mol. The standard InChI is InChI=1S/C21H24O8/c1-11(2)20(25)29-19-17-12(3)21(26)28-16(17)8-14(9-22)6-5-7-15(10-23)18(19)27-13(4)24/h7-8,10,16-19,22H,1,3,5-6,9H2,2,4H3/b14-8-,15-7-/t16-,17+,18+,19-/m0/s1. The quantitative estimate of drug-likeness (QED) is 0.240. The summed E-state index contributed by atoms with van der Waals surface area (Å²) in [4.78, 5) is 48.0. The molecule has 156 valence electrons. The normalized spacial score (nSPS) is 30.6. The van der Waals surface area contributed by atoms with Crippen LogP contribution in [0.3, 0.4) is 0 Å². The summed E-state index contributed by atoms with van der Waals surface area (Å²) in [5, 5.41) is 9.61. The molecule has 0 aromatic heterocycles. The first-order chi connectivity index (χ1) is 13.7. The minimum absolute atomic E-state index is 0.00558. The maximum atomic E-state index is 12.3. The van der Waals surface area contributed by atoms with Crippen LogP contribution in [0.5, 0.6) is 0 Å². The molecular formula is C21H24O8. The van der Waals surface area contributed by atoms with Gasteiger partial charge >= 0.3 is 17.9 Å². The van der Waals surface area contributed by atoms with Gasteiger partial charge in [0.25, 0.3) is 0 Å². The van der Waals surface area contributed by atoms with Crippen molar-refractivity contribution >= 4 is 24.2 Å². The summed E-state index contributed by atoms with van der Waals surface area (Å²) in [5.74, 6) is -3.12. The molecule has 4 atom stereocenters.